The number of hydrogen-bond acceptors (Lipinski definition) is 3. The smallest absolute Gasteiger partial charge is 0.240 e. The molecule has 6 nitrogen and oxygen atoms in total. The predicted molar refractivity (Wildman–Crippen MR) is 94.8 cm³/mol. The fourth-order valence-corrected chi connectivity index (χ4v) is 3.06. The highest BCUT2D eigenvalue weighted by Gasteiger charge is 2.22. The van der Waals surface area contributed by atoms with Crippen molar-refractivity contribution in [3.63, 3.8) is 0 Å². The van der Waals surface area contributed by atoms with Crippen LogP contribution < -0.4 is 5.73 Å². The monoisotopic (exact) mass is 331 g/mol. The number of imidazole rings is 1. The largest absolute Gasteiger partial charge is 0.368 e. The lowest BCUT2D eigenvalue weighted by Gasteiger charge is -2.18. The van der Waals surface area contributed by atoms with Crippen molar-refractivity contribution in [1.82, 2.24) is 19.2 Å². The average molecular weight is 331 g/mol. The summed E-state index contributed by atoms with van der Waals surface area (Å²) < 4.78 is 3.63. The highest BCUT2D eigenvalue weighted by Crippen LogP contribution is 2.24. The molecule has 6 heteroatoms. The van der Waals surface area contributed by atoms with Crippen molar-refractivity contribution in [2.75, 3.05) is 0 Å². The van der Waals surface area contributed by atoms with Crippen LogP contribution in [0.4, 0.5) is 0 Å². The molecule has 1 atom stereocenters. The average Bonchev–Trinajstić information content (AvgIpc) is 3.29. The van der Waals surface area contributed by atoms with Gasteiger partial charge in [0.15, 0.2) is 5.82 Å². The molecule has 0 unspecified atom stereocenters. The molecule has 0 aliphatic rings. The van der Waals surface area contributed by atoms with Gasteiger partial charge in [-0.1, -0.05) is 36.4 Å². The van der Waals surface area contributed by atoms with E-state index in [0.717, 1.165) is 16.8 Å². The van der Waals surface area contributed by atoms with Gasteiger partial charge in [-0.15, -0.1) is 0 Å². The lowest BCUT2D eigenvalue weighted by Crippen LogP contribution is -2.28. The number of hydrogen-bond donors (Lipinski definition) is 1. The molecule has 124 valence electrons. The second-order valence-corrected chi connectivity index (χ2v) is 5.84. The van der Waals surface area contributed by atoms with Crippen molar-refractivity contribution >= 4 is 11.4 Å². The van der Waals surface area contributed by atoms with Gasteiger partial charge < -0.3 is 10.3 Å². The molecule has 0 fully saturated rings. The van der Waals surface area contributed by atoms with E-state index in [2.05, 4.69) is 10.1 Å². The predicted octanol–water partition coefficient (Wildman–Crippen LogP) is 2.47. The van der Waals surface area contributed by atoms with Crippen LogP contribution in [0.3, 0.4) is 0 Å². The number of carbonyl (C=O) groups excluding carboxylic acids is 1. The number of benzene rings is 1. The van der Waals surface area contributed by atoms with Crippen LogP contribution in [-0.4, -0.2) is 25.1 Å². The molecule has 0 spiro atoms. The normalized spacial score (nSPS) is 12.3. The van der Waals surface area contributed by atoms with E-state index in [1.165, 1.54) is 0 Å². The number of rotatable bonds is 5. The lowest BCUT2D eigenvalue weighted by molar-refractivity contribution is -0.121. The highest BCUT2D eigenvalue weighted by molar-refractivity contribution is 5.79. The van der Waals surface area contributed by atoms with Crippen molar-refractivity contribution in [2.24, 2.45) is 5.73 Å². The topological polar surface area (TPSA) is 78.2 Å². The molecule has 0 saturated carbocycles. The fourth-order valence-electron chi connectivity index (χ4n) is 3.06. The lowest BCUT2D eigenvalue weighted by atomic mass is 10.1. The standard InChI is InChI=1S/C19H17N5O/c20-18(25)17(13-14-5-2-1-3-6-14)23-12-11-21-19(23)16-8-4-7-15-9-10-22-24(15)16/h1-12,17H,13H2,(H2,20,25)/t17-/m0/s1. The van der Waals surface area contributed by atoms with Crippen LogP contribution in [0.2, 0.25) is 0 Å². The first-order chi connectivity index (χ1) is 12.2. The summed E-state index contributed by atoms with van der Waals surface area (Å²) in [6.07, 6.45) is 5.71. The molecule has 3 aromatic heterocycles. The zero-order valence-corrected chi connectivity index (χ0v) is 13.5. The van der Waals surface area contributed by atoms with Crippen LogP contribution in [0.1, 0.15) is 11.6 Å². The number of carbonyl (C=O) groups is 1. The first-order valence-electron chi connectivity index (χ1n) is 8.03. The first kappa shape index (κ1) is 15.1. The Balaban J connectivity index is 1.79. The van der Waals surface area contributed by atoms with E-state index < -0.39 is 11.9 Å². The van der Waals surface area contributed by atoms with Gasteiger partial charge >= 0.3 is 0 Å². The molecule has 3 heterocycles. The van der Waals surface area contributed by atoms with Crippen LogP contribution in [0.5, 0.6) is 0 Å². The van der Waals surface area contributed by atoms with Gasteiger partial charge in [0.2, 0.25) is 5.91 Å². The van der Waals surface area contributed by atoms with Crippen LogP contribution in [0.25, 0.3) is 17.0 Å². The van der Waals surface area contributed by atoms with Crippen LogP contribution >= 0.6 is 0 Å². The van der Waals surface area contributed by atoms with Gasteiger partial charge in [0.05, 0.1) is 11.7 Å². The molecule has 4 aromatic rings. The third-order valence-electron chi connectivity index (χ3n) is 4.26. The van der Waals surface area contributed by atoms with Crippen molar-refractivity contribution < 1.29 is 4.79 Å². The molecule has 2 N–H and O–H groups in total. The molecule has 0 aliphatic heterocycles. The Morgan fingerprint density at radius 3 is 2.68 bits per heavy atom. The minimum atomic E-state index is -0.522. The summed E-state index contributed by atoms with van der Waals surface area (Å²) in [6, 6.07) is 17.1. The van der Waals surface area contributed by atoms with Crippen molar-refractivity contribution in [1.29, 1.82) is 0 Å². The van der Waals surface area contributed by atoms with Gasteiger partial charge in [0.25, 0.3) is 0 Å². The maximum atomic E-state index is 12.2. The SMILES string of the molecule is NC(=O)[C@H](Cc1ccccc1)n1ccnc1-c1cccc2ccnn12. The zero-order chi connectivity index (χ0) is 17.2. The Morgan fingerprint density at radius 1 is 1.04 bits per heavy atom. The van der Waals surface area contributed by atoms with Crippen molar-refractivity contribution in [3.05, 3.63) is 78.8 Å². The number of aromatic nitrogens is 4. The molecule has 25 heavy (non-hydrogen) atoms. The maximum absolute atomic E-state index is 12.2. The second kappa shape index (κ2) is 6.24. The number of nitrogens with zero attached hydrogens (tertiary/aromatic N) is 4. The molecule has 1 aromatic carbocycles. The number of primary amides is 1. The Morgan fingerprint density at radius 2 is 1.88 bits per heavy atom. The molecular formula is C19H17N5O. The van der Waals surface area contributed by atoms with E-state index in [4.69, 9.17) is 5.73 Å². The van der Waals surface area contributed by atoms with Gasteiger partial charge in [-0.05, 0) is 23.8 Å². The Labute approximate surface area is 144 Å². The molecule has 0 aliphatic carbocycles. The van der Waals surface area contributed by atoms with Crippen LogP contribution in [0, 0.1) is 0 Å². The van der Waals surface area contributed by atoms with E-state index in [-0.39, 0.29) is 0 Å². The van der Waals surface area contributed by atoms with Crippen LogP contribution in [0.15, 0.2) is 73.2 Å². The van der Waals surface area contributed by atoms with Gasteiger partial charge in [0.1, 0.15) is 11.7 Å². The van der Waals surface area contributed by atoms with E-state index in [1.54, 1.807) is 23.1 Å². The first-order valence-corrected chi connectivity index (χ1v) is 8.03. The summed E-state index contributed by atoms with van der Waals surface area (Å²) >= 11 is 0. The summed E-state index contributed by atoms with van der Waals surface area (Å²) in [6.45, 7) is 0. The summed E-state index contributed by atoms with van der Waals surface area (Å²) in [7, 11) is 0. The van der Waals surface area contributed by atoms with Crippen molar-refractivity contribution in [3.8, 4) is 11.5 Å². The number of fused-ring (bicyclic) bond motifs is 1. The molecule has 4 rings (SSSR count). The van der Waals surface area contributed by atoms with E-state index in [0.29, 0.717) is 12.2 Å². The zero-order valence-electron chi connectivity index (χ0n) is 13.5. The number of pyridine rings is 1. The van der Waals surface area contributed by atoms with E-state index in [1.807, 2.05) is 59.2 Å². The third-order valence-corrected chi connectivity index (χ3v) is 4.26. The molecule has 0 saturated heterocycles. The summed E-state index contributed by atoms with van der Waals surface area (Å²) in [5, 5.41) is 4.35. The number of amides is 1. The van der Waals surface area contributed by atoms with Gasteiger partial charge in [-0.25, -0.2) is 9.50 Å². The fraction of sp³-hybridized carbons (Fsp3) is 0.105. The quantitative estimate of drug-likeness (QED) is 0.610. The summed E-state index contributed by atoms with van der Waals surface area (Å²) in [4.78, 5) is 16.6. The second-order valence-electron chi connectivity index (χ2n) is 5.84. The summed E-state index contributed by atoms with van der Waals surface area (Å²) in [5.74, 6) is 0.268. The van der Waals surface area contributed by atoms with Gasteiger partial charge in [-0.3, -0.25) is 4.79 Å². The highest BCUT2D eigenvalue weighted by atomic mass is 16.1. The molecule has 1 amide bonds. The molecule has 0 radical (unpaired) electrons. The van der Waals surface area contributed by atoms with Crippen LogP contribution in [-0.2, 0) is 11.2 Å². The molecule has 0 bridgehead atoms. The summed E-state index contributed by atoms with van der Waals surface area (Å²) in [5.41, 5.74) is 8.53. The Hall–Kier alpha value is -3.41. The van der Waals surface area contributed by atoms with E-state index >= 15 is 0 Å². The van der Waals surface area contributed by atoms with Gasteiger partial charge in [-0.2, -0.15) is 5.10 Å². The Bertz CT molecular complexity index is 1020. The maximum Gasteiger partial charge on any atom is 0.240 e. The third kappa shape index (κ3) is 2.78. The Kier molecular flexibility index (Phi) is 3.78. The minimum absolute atomic E-state index is 0.393. The van der Waals surface area contributed by atoms with Crippen molar-refractivity contribution in [2.45, 2.75) is 12.5 Å². The molecular weight excluding hydrogens is 314 g/mol. The van der Waals surface area contributed by atoms with Gasteiger partial charge in [0, 0.05) is 18.8 Å². The van der Waals surface area contributed by atoms with E-state index in [9.17, 15) is 4.79 Å². The number of nitrogens with two attached hydrogens (primary N) is 1. The minimum Gasteiger partial charge on any atom is -0.368 e.